The van der Waals surface area contributed by atoms with Crippen LogP contribution in [-0.4, -0.2) is 66.7 Å². The Kier molecular flexibility index (Phi) is 5.39. The summed E-state index contributed by atoms with van der Waals surface area (Å²) in [6.45, 7) is 9.85. The smallest absolute Gasteiger partial charge is 0.410 e. The van der Waals surface area contributed by atoms with Crippen LogP contribution < -0.4 is 4.90 Å². The van der Waals surface area contributed by atoms with Gasteiger partial charge in [-0.25, -0.2) is 4.79 Å². The highest BCUT2D eigenvalue weighted by Crippen LogP contribution is 2.21. The fraction of sp³-hybridized carbons (Fsp3) is 0.600. The molecule has 0 saturated carbocycles. The molecule has 26 heavy (non-hydrogen) atoms. The van der Waals surface area contributed by atoms with E-state index in [-0.39, 0.29) is 12.0 Å². The summed E-state index contributed by atoms with van der Waals surface area (Å²) in [6, 6.07) is 7.90. The molecule has 2 aliphatic rings. The number of hydrogen-bond donors (Lipinski definition) is 0. The Labute approximate surface area is 155 Å². The van der Waals surface area contributed by atoms with Gasteiger partial charge in [0.2, 0.25) is 0 Å². The molecule has 6 nitrogen and oxygen atoms in total. The lowest BCUT2D eigenvalue weighted by atomic mass is 10.1. The predicted octanol–water partition coefficient (Wildman–Crippen LogP) is 2.98. The number of piperazine rings is 1. The van der Waals surface area contributed by atoms with Crippen LogP contribution in [0.1, 0.15) is 44.0 Å². The highest BCUT2D eigenvalue weighted by Gasteiger charge is 2.28. The maximum absolute atomic E-state index is 12.7. The summed E-state index contributed by atoms with van der Waals surface area (Å²) in [5.41, 5.74) is 1.40. The average Bonchev–Trinajstić information content (AvgIpc) is 3.14. The zero-order chi connectivity index (χ0) is 18.7. The fourth-order valence-electron chi connectivity index (χ4n) is 3.39. The maximum atomic E-state index is 12.7. The van der Waals surface area contributed by atoms with Crippen LogP contribution in [0.15, 0.2) is 24.3 Å². The first kappa shape index (κ1) is 18.5. The van der Waals surface area contributed by atoms with Gasteiger partial charge in [-0.15, -0.1) is 0 Å². The molecule has 2 amide bonds. The molecule has 0 N–H and O–H groups in total. The standard InChI is InChI=1S/C20H29N3O3/c1-20(2,3)26-19(25)23-14-12-22(13-15-23)18(24)16-6-8-17(9-7-16)21-10-4-5-11-21/h6-9H,4-5,10-15H2,1-3H3. The number of rotatable bonds is 2. The Morgan fingerprint density at radius 1 is 0.846 bits per heavy atom. The Balaban J connectivity index is 1.54. The van der Waals surface area contributed by atoms with Crippen molar-refractivity contribution in [2.45, 2.75) is 39.2 Å². The van der Waals surface area contributed by atoms with Gasteiger partial charge in [-0.2, -0.15) is 0 Å². The van der Waals surface area contributed by atoms with E-state index in [9.17, 15) is 9.59 Å². The zero-order valence-corrected chi connectivity index (χ0v) is 16.0. The summed E-state index contributed by atoms with van der Waals surface area (Å²) in [7, 11) is 0. The monoisotopic (exact) mass is 359 g/mol. The lowest BCUT2D eigenvalue weighted by molar-refractivity contribution is 0.0141. The molecule has 0 aliphatic carbocycles. The van der Waals surface area contributed by atoms with Crippen LogP contribution in [-0.2, 0) is 4.74 Å². The lowest BCUT2D eigenvalue weighted by Gasteiger charge is -2.35. The third-order valence-electron chi connectivity index (χ3n) is 4.80. The van der Waals surface area contributed by atoms with Crippen molar-refractivity contribution in [1.82, 2.24) is 9.80 Å². The Morgan fingerprint density at radius 2 is 1.38 bits per heavy atom. The second kappa shape index (κ2) is 7.56. The minimum Gasteiger partial charge on any atom is -0.444 e. The topological polar surface area (TPSA) is 53.1 Å². The number of ether oxygens (including phenoxy) is 1. The van der Waals surface area contributed by atoms with Crippen molar-refractivity contribution in [2.24, 2.45) is 0 Å². The Bertz CT molecular complexity index is 637. The molecule has 0 bridgehead atoms. The van der Waals surface area contributed by atoms with E-state index in [0.717, 1.165) is 13.1 Å². The van der Waals surface area contributed by atoms with Crippen LogP contribution >= 0.6 is 0 Å². The van der Waals surface area contributed by atoms with Gasteiger partial charge >= 0.3 is 6.09 Å². The molecule has 3 rings (SSSR count). The molecule has 0 radical (unpaired) electrons. The molecule has 2 aliphatic heterocycles. The van der Waals surface area contributed by atoms with E-state index in [1.165, 1.54) is 18.5 Å². The summed E-state index contributed by atoms with van der Waals surface area (Å²) in [5, 5.41) is 0. The molecule has 0 aromatic heterocycles. The van der Waals surface area contributed by atoms with Crippen molar-refractivity contribution in [1.29, 1.82) is 0 Å². The van der Waals surface area contributed by atoms with Crippen molar-refractivity contribution in [2.75, 3.05) is 44.2 Å². The number of benzene rings is 1. The van der Waals surface area contributed by atoms with Crippen molar-refractivity contribution in [3.8, 4) is 0 Å². The number of carbonyl (C=O) groups is 2. The Hall–Kier alpha value is -2.24. The summed E-state index contributed by atoms with van der Waals surface area (Å²) >= 11 is 0. The highest BCUT2D eigenvalue weighted by atomic mass is 16.6. The quantitative estimate of drug-likeness (QED) is 0.815. The Morgan fingerprint density at radius 3 is 1.92 bits per heavy atom. The van der Waals surface area contributed by atoms with E-state index < -0.39 is 5.60 Å². The van der Waals surface area contributed by atoms with Crippen LogP contribution in [0.25, 0.3) is 0 Å². The lowest BCUT2D eigenvalue weighted by Crippen LogP contribution is -2.51. The van der Waals surface area contributed by atoms with E-state index in [0.29, 0.717) is 31.7 Å². The van der Waals surface area contributed by atoms with Crippen molar-refractivity contribution >= 4 is 17.7 Å². The van der Waals surface area contributed by atoms with E-state index >= 15 is 0 Å². The zero-order valence-electron chi connectivity index (χ0n) is 16.0. The number of nitrogens with zero attached hydrogens (tertiary/aromatic N) is 3. The number of amides is 2. The minimum atomic E-state index is -0.499. The first-order valence-corrected chi connectivity index (χ1v) is 9.46. The minimum absolute atomic E-state index is 0.0295. The van der Waals surface area contributed by atoms with E-state index in [1.54, 1.807) is 4.90 Å². The summed E-state index contributed by atoms with van der Waals surface area (Å²) in [5.74, 6) is 0.0295. The number of hydrogen-bond acceptors (Lipinski definition) is 4. The van der Waals surface area contributed by atoms with Gasteiger partial charge in [0.1, 0.15) is 5.60 Å². The van der Waals surface area contributed by atoms with Crippen molar-refractivity contribution < 1.29 is 14.3 Å². The second-order valence-electron chi connectivity index (χ2n) is 8.00. The van der Waals surface area contributed by atoms with Crippen molar-refractivity contribution in [3.05, 3.63) is 29.8 Å². The molecule has 1 aromatic rings. The molecule has 1 aromatic carbocycles. The largest absolute Gasteiger partial charge is 0.444 e. The van der Waals surface area contributed by atoms with Gasteiger partial charge in [0.05, 0.1) is 0 Å². The van der Waals surface area contributed by atoms with Crippen LogP contribution in [0.4, 0.5) is 10.5 Å². The first-order valence-electron chi connectivity index (χ1n) is 9.46. The third kappa shape index (κ3) is 4.48. The van der Waals surface area contributed by atoms with Gasteiger partial charge in [0, 0.05) is 50.5 Å². The number of anilines is 1. The van der Waals surface area contributed by atoms with E-state index in [4.69, 9.17) is 4.74 Å². The normalized spacial score (nSPS) is 18.2. The summed E-state index contributed by atoms with van der Waals surface area (Å²) in [6.07, 6.45) is 2.17. The molecule has 2 saturated heterocycles. The first-order chi connectivity index (χ1) is 12.3. The van der Waals surface area contributed by atoms with Gasteiger partial charge in [-0.05, 0) is 57.9 Å². The molecule has 6 heteroatoms. The van der Waals surface area contributed by atoms with Crippen LogP contribution in [0, 0.1) is 0 Å². The summed E-state index contributed by atoms with van der Waals surface area (Å²) in [4.78, 5) is 30.7. The molecular formula is C20H29N3O3. The van der Waals surface area contributed by atoms with Gasteiger partial charge in [0.25, 0.3) is 5.91 Å². The number of carbonyl (C=O) groups excluding carboxylic acids is 2. The summed E-state index contributed by atoms with van der Waals surface area (Å²) < 4.78 is 5.40. The van der Waals surface area contributed by atoms with Crippen molar-refractivity contribution in [3.63, 3.8) is 0 Å². The molecular weight excluding hydrogens is 330 g/mol. The predicted molar refractivity (Wildman–Crippen MR) is 102 cm³/mol. The van der Waals surface area contributed by atoms with Gasteiger partial charge in [-0.3, -0.25) is 4.79 Å². The molecule has 2 heterocycles. The highest BCUT2D eigenvalue weighted by molar-refractivity contribution is 5.94. The molecule has 0 spiro atoms. The molecule has 0 atom stereocenters. The maximum Gasteiger partial charge on any atom is 0.410 e. The van der Waals surface area contributed by atoms with E-state index in [2.05, 4.69) is 4.90 Å². The van der Waals surface area contributed by atoms with Gasteiger partial charge in [0.15, 0.2) is 0 Å². The van der Waals surface area contributed by atoms with Crippen LogP contribution in [0.3, 0.4) is 0 Å². The van der Waals surface area contributed by atoms with E-state index in [1.807, 2.05) is 49.9 Å². The second-order valence-corrected chi connectivity index (χ2v) is 8.00. The van der Waals surface area contributed by atoms with Gasteiger partial charge < -0.3 is 19.4 Å². The molecule has 142 valence electrons. The van der Waals surface area contributed by atoms with Crippen LogP contribution in [0.2, 0.25) is 0 Å². The average molecular weight is 359 g/mol. The van der Waals surface area contributed by atoms with Gasteiger partial charge in [-0.1, -0.05) is 0 Å². The van der Waals surface area contributed by atoms with Crippen LogP contribution in [0.5, 0.6) is 0 Å². The molecule has 2 fully saturated rings. The molecule has 0 unspecified atom stereocenters. The third-order valence-corrected chi connectivity index (χ3v) is 4.80. The SMILES string of the molecule is CC(C)(C)OC(=O)N1CCN(C(=O)c2ccc(N3CCCC3)cc2)CC1. The fourth-order valence-corrected chi connectivity index (χ4v) is 3.39.